The second-order valence-electron chi connectivity index (χ2n) is 7.96. The average Bonchev–Trinajstić information content (AvgIpc) is 2.61. The Balaban J connectivity index is 1.35. The number of carbonyl (C=O) groups is 2. The standard InChI is InChI=1S/C20H17Cl2F2N3O2/c1-10(17(28)26-12-5-15(23)16(24)25-6-12)19-7-20(8-19,9-19)27-18(29)11-2-3-13(21)14(22)4-11/h2-6,10H,7-9H2,1H3,(H,26,28)(H,27,29)/t10-,19?,20?/m0/s1. The van der Waals surface area contributed by atoms with Crippen LogP contribution in [-0.2, 0) is 4.79 Å². The van der Waals surface area contributed by atoms with Crippen molar-refractivity contribution < 1.29 is 18.4 Å². The third kappa shape index (κ3) is 3.46. The largest absolute Gasteiger partial charge is 0.347 e. The molecule has 0 spiro atoms. The van der Waals surface area contributed by atoms with Crippen LogP contribution in [0.5, 0.6) is 0 Å². The van der Waals surface area contributed by atoms with Crippen molar-refractivity contribution in [2.75, 3.05) is 5.32 Å². The highest BCUT2D eigenvalue weighted by atomic mass is 35.5. The Bertz CT molecular complexity index is 1010. The van der Waals surface area contributed by atoms with Crippen molar-refractivity contribution in [3.63, 3.8) is 0 Å². The molecule has 9 heteroatoms. The normalized spacial score (nSPS) is 25.4. The lowest BCUT2D eigenvalue weighted by molar-refractivity contribution is -0.184. The van der Waals surface area contributed by atoms with Gasteiger partial charge in [-0.2, -0.15) is 4.39 Å². The molecule has 1 heterocycles. The van der Waals surface area contributed by atoms with E-state index < -0.39 is 11.8 Å². The monoisotopic (exact) mass is 439 g/mol. The number of hydrogen-bond donors (Lipinski definition) is 2. The number of pyridine rings is 1. The summed E-state index contributed by atoms with van der Waals surface area (Å²) in [5.41, 5.74) is 0.00669. The molecule has 2 N–H and O–H groups in total. The zero-order valence-electron chi connectivity index (χ0n) is 15.4. The van der Waals surface area contributed by atoms with Gasteiger partial charge in [-0.05, 0) is 42.9 Å². The fourth-order valence-corrected chi connectivity index (χ4v) is 4.72. The van der Waals surface area contributed by atoms with Crippen molar-refractivity contribution in [2.24, 2.45) is 11.3 Å². The van der Waals surface area contributed by atoms with Gasteiger partial charge in [0, 0.05) is 23.1 Å². The summed E-state index contributed by atoms with van der Waals surface area (Å²) >= 11 is 11.8. The molecule has 2 amide bonds. The molecule has 0 saturated heterocycles. The molecule has 0 unspecified atom stereocenters. The molecule has 1 atom stereocenters. The molecule has 2 aromatic rings. The number of rotatable bonds is 5. The lowest BCUT2D eigenvalue weighted by Gasteiger charge is -2.72. The molecule has 29 heavy (non-hydrogen) atoms. The Kier molecular flexibility index (Phi) is 4.78. The predicted octanol–water partition coefficient (Wildman–Crippen LogP) is 4.59. The molecule has 0 radical (unpaired) electrons. The number of hydrogen-bond acceptors (Lipinski definition) is 3. The van der Waals surface area contributed by atoms with E-state index in [2.05, 4.69) is 15.6 Å². The zero-order chi connectivity index (χ0) is 21.0. The lowest BCUT2D eigenvalue weighted by Crippen LogP contribution is -2.77. The van der Waals surface area contributed by atoms with Crippen LogP contribution in [0.1, 0.15) is 36.5 Å². The van der Waals surface area contributed by atoms with Crippen molar-refractivity contribution in [2.45, 2.75) is 31.7 Å². The lowest BCUT2D eigenvalue weighted by atomic mass is 9.36. The second-order valence-corrected chi connectivity index (χ2v) is 8.78. The Labute approximate surface area is 175 Å². The van der Waals surface area contributed by atoms with Gasteiger partial charge < -0.3 is 10.6 Å². The summed E-state index contributed by atoms with van der Waals surface area (Å²) in [4.78, 5) is 28.3. The van der Waals surface area contributed by atoms with Crippen LogP contribution in [0.2, 0.25) is 10.0 Å². The van der Waals surface area contributed by atoms with Gasteiger partial charge in [0.2, 0.25) is 11.9 Å². The molecular formula is C20H17Cl2F2N3O2. The smallest absolute Gasteiger partial charge is 0.251 e. The molecule has 3 saturated carbocycles. The number of halogens is 4. The third-order valence-corrected chi connectivity index (χ3v) is 6.75. The van der Waals surface area contributed by atoms with Crippen LogP contribution >= 0.6 is 23.2 Å². The Hall–Kier alpha value is -2.25. The van der Waals surface area contributed by atoms with Crippen LogP contribution in [-0.4, -0.2) is 22.3 Å². The second kappa shape index (κ2) is 6.92. The summed E-state index contributed by atoms with van der Waals surface area (Å²) in [5, 5.41) is 6.30. The van der Waals surface area contributed by atoms with Crippen LogP contribution in [0.25, 0.3) is 0 Å². The molecule has 2 bridgehead atoms. The van der Waals surface area contributed by atoms with Crippen molar-refractivity contribution in [3.8, 4) is 0 Å². The zero-order valence-corrected chi connectivity index (χ0v) is 16.9. The van der Waals surface area contributed by atoms with Gasteiger partial charge in [-0.3, -0.25) is 9.59 Å². The van der Waals surface area contributed by atoms with Crippen LogP contribution < -0.4 is 10.6 Å². The van der Waals surface area contributed by atoms with E-state index >= 15 is 0 Å². The van der Waals surface area contributed by atoms with Gasteiger partial charge in [0.05, 0.1) is 21.9 Å². The van der Waals surface area contributed by atoms with Gasteiger partial charge in [0.15, 0.2) is 5.82 Å². The fourth-order valence-electron chi connectivity index (χ4n) is 4.43. The first-order valence-electron chi connectivity index (χ1n) is 9.03. The highest BCUT2D eigenvalue weighted by Crippen LogP contribution is 2.70. The first-order valence-corrected chi connectivity index (χ1v) is 9.78. The van der Waals surface area contributed by atoms with E-state index in [9.17, 15) is 18.4 Å². The van der Waals surface area contributed by atoms with Gasteiger partial charge in [-0.15, -0.1) is 0 Å². The Morgan fingerprint density at radius 1 is 1.14 bits per heavy atom. The third-order valence-electron chi connectivity index (χ3n) is 6.01. The van der Waals surface area contributed by atoms with Crippen molar-refractivity contribution in [1.29, 1.82) is 0 Å². The van der Waals surface area contributed by atoms with Gasteiger partial charge in [-0.1, -0.05) is 30.1 Å². The molecule has 3 aliphatic carbocycles. The van der Waals surface area contributed by atoms with Crippen molar-refractivity contribution in [1.82, 2.24) is 10.3 Å². The summed E-state index contributed by atoms with van der Waals surface area (Å²) in [7, 11) is 0. The number of benzene rings is 1. The summed E-state index contributed by atoms with van der Waals surface area (Å²) in [6.07, 6.45) is 3.11. The number of nitrogens with zero attached hydrogens (tertiary/aromatic N) is 1. The average molecular weight is 440 g/mol. The summed E-state index contributed by atoms with van der Waals surface area (Å²) in [6.45, 7) is 1.80. The maximum Gasteiger partial charge on any atom is 0.251 e. The minimum absolute atomic E-state index is 0.106. The molecule has 1 aromatic carbocycles. The molecule has 3 aliphatic rings. The first kappa shape index (κ1) is 20.0. The van der Waals surface area contributed by atoms with Crippen LogP contribution in [0.15, 0.2) is 30.5 Å². The Morgan fingerprint density at radius 2 is 1.83 bits per heavy atom. The number of amides is 2. The van der Waals surface area contributed by atoms with E-state index in [-0.39, 0.29) is 34.4 Å². The van der Waals surface area contributed by atoms with Crippen LogP contribution in [0.3, 0.4) is 0 Å². The fraction of sp³-hybridized carbons (Fsp3) is 0.350. The molecule has 0 aliphatic heterocycles. The Morgan fingerprint density at radius 3 is 2.45 bits per heavy atom. The molecular weight excluding hydrogens is 423 g/mol. The van der Waals surface area contributed by atoms with Crippen LogP contribution in [0.4, 0.5) is 14.5 Å². The molecule has 1 aromatic heterocycles. The minimum Gasteiger partial charge on any atom is -0.347 e. The summed E-state index contributed by atoms with van der Waals surface area (Å²) < 4.78 is 26.2. The highest BCUT2D eigenvalue weighted by molar-refractivity contribution is 6.42. The molecule has 152 valence electrons. The number of carbonyl (C=O) groups excluding carboxylic acids is 2. The predicted molar refractivity (Wildman–Crippen MR) is 105 cm³/mol. The number of aromatic nitrogens is 1. The van der Waals surface area contributed by atoms with Gasteiger partial charge in [0.1, 0.15) is 0 Å². The van der Waals surface area contributed by atoms with Gasteiger partial charge >= 0.3 is 0 Å². The van der Waals surface area contributed by atoms with E-state index in [0.717, 1.165) is 12.3 Å². The molecule has 5 nitrogen and oxygen atoms in total. The number of anilines is 1. The van der Waals surface area contributed by atoms with E-state index in [1.807, 2.05) is 0 Å². The highest BCUT2D eigenvalue weighted by Gasteiger charge is 2.71. The molecule has 5 rings (SSSR count). The maximum atomic E-state index is 13.3. The van der Waals surface area contributed by atoms with Crippen LogP contribution in [0, 0.1) is 23.1 Å². The number of nitrogens with one attached hydrogen (secondary N) is 2. The van der Waals surface area contributed by atoms with Gasteiger partial charge in [-0.25, -0.2) is 9.37 Å². The summed E-state index contributed by atoms with van der Waals surface area (Å²) in [5.74, 6) is -3.21. The summed E-state index contributed by atoms with van der Waals surface area (Å²) in [6, 6.07) is 5.60. The molecule has 3 fully saturated rings. The quantitative estimate of drug-likeness (QED) is 0.668. The maximum absolute atomic E-state index is 13.3. The van der Waals surface area contributed by atoms with Crippen molar-refractivity contribution >= 4 is 40.7 Å². The van der Waals surface area contributed by atoms with Crippen molar-refractivity contribution in [3.05, 3.63) is 57.8 Å². The van der Waals surface area contributed by atoms with E-state index in [1.54, 1.807) is 19.1 Å². The minimum atomic E-state index is -1.21. The SMILES string of the molecule is C[C@@H](C(=O)Nc1cnc(F)c(F)c1)C12CC(NC(=O)c3ccc(Cl)c(Cl)c3)(C1)C2. The van der Waals surface area contributed by atoms with E-state index in [1.165, 1.54) is 6.07 Å². The van der Waals surface area contributed by atoms with E-state index in [0.29, 0.717) is 34.9 Å². The first-order chi connectivity index (χ1) is 13.6. The van der Waals surface area contributed by atoms with Gasteiger partial charge in [0.25, 0.3) is 5.91 Å². The van der Waals surface area contributed by atoms with E-state index in [4.69, 9.17) is 23.2 Å². The topological polar surface area (TPSA) is 71.1 Å².